The highest BCUT2D eigenvalue weighted by atomic mass is 19.1. The number of para-hydroxylation sites is 1. The maximum Gasteiger partial charge on any atom is 0.165 e. The van der Waals surface area contributed by atoms with Crippen LogP contribution in [-0.2, 0) is 0 Å². The van der Waals surface area contributed by atoms with Crippen LogP contribution in [-0.4, -0.2) is 23.1 Å². The molecular formula is C21H22FN3. The van der Waals surface area contributed by atoms with Crippen molar-refractivity contribution in [2.75, 3.05) is 11.9 Å². The molecule has 0 radical (unpaired) electrons. The third kappa shape index (κ3) is 3.09. The normalized spacial score (nSPS) is 15.4. The summed E-state index contributed by atoms with van der Waals surface area (Å²) in [6.07, 6.45) is 6.21. The zero-order valence-corrected chi connectivity index (χ0v) is 14.5. The van der Waals surface area contributed by atoms with E-state index in [1.807, 2.05) is 24.3 Å². The quantitative estimate of drug-likeness (QED) is 0.658. The highest BCUT2D eigenvalue weighted by Gasteiger charge is 2.22. The molecule has 1 fully saturated rings. The van der Waals surface area contributed by atoms with Gasteiger partial charge in [-0.25, -0.2) is 14.4 Å². The van der Waals surface area contributed by atoms with E-state index in [1.54, 1.807) is 12.1 Å². The molecule has 2 aromatic carbocycles. The number of nitrogens with zero attached hydrogens (tertiary/aromatic N) is 3. The third-order valence-electron chi connectivity index (χ3n) is 5.15. The molecule has 3 nitrogen and oxygen atoms in total. The summed E-state index contributed by atoms with van der Waals surface area (Å²) >= 11 is 0. The van der Waals surface area contributed by atoms with Gasteiger partial charge in [-0.05, 0) is 37.1 Å². The van der Waals surface area contributed by atoms with E-state index in [-0.39, 0.29) is 5.82 Å². The Balaban J connectivity index is 1.85. The average molecular weight is 335 g/mol. The fourth-order valence-electron chi connectivity index (χ4n) is 3.73. The molecule has 1 aliphatic rings. The predicted octanol–water partition coefficient (Wildman–Crippen LogP) is 5.20. The van der Waals surface area contributed by atoms with Gasteiger partial charge in [0.1, 0.15) is 11.6 Å². The Bertz CT molecular complexity index is 887. The van der Waals surface area contributed by atoms with E-state index in [0.29, 0.717) is 17.4 Å². The lowest BCUT2D eigenvalue weighted by Crippen LogP contribution is -2.34. The van der Waals surface area contributed by atoms with Gasteiger partial charge in [-0.2, -0.15) is 0 Å². The van der Waals surface area contributed by atoms with Gasteiger partial charge in [-0.15, -0.1) is 0 Å². The van der Waals surface area contributed by atoms with Gasteiger partial charge in [0.2, 0.25) is 0 Å². The van der Waals surface area contributed by atoms with Gasteiger partial charge in [0.05, 0.1) is 11.1 Å². The maximum absolute atomic E-state index is 14.3. The zero-order chi connectivity index (χ0) is 17.2. The first-order valence-electron chi connectivity index (χ1n) is 8.98. The van der Waals surface area contributed by atoms with Gasteiger partial charge in [-0.3, -0.25) is 0 Å². The number of halogens is 1. The molecule has 0 unspecified atom stereocenters. The van der Waals surface area contributed by atoms with E-state index >= 15 is 0 Å². The first-order chi connectivity index (χ1) is 12.2. The van der Waals surface area contributed by atoms with E-state index in [2.05, 4.69) is 23.0 Å². The number of benzene rings is 2. The van der Waals surface area contributed by atoms with Crippen molar-refractivity contribution in [2.24, 2.45) is 0 Å². The molecule has 0 aliphatic heterocycles. The second-order valence-electron chi connectivity index (χ2n) is 6.77. The summed E-state index contributed by atoms with van der Waals surface area (Å²) in [5, 5.41) is 1.02. The van der Waals surface area contributed by atoms with Gasteiger partial charge in [0, 0.05) is 18.5 Å². The fourth-order valence-corrected chi connectivity index (χ4v) is 3.73. The van der Waals surface area contributed by atoms with Crippen molar-refractivity contribution in [1.82, 2.24) is 9.97 Å². The van der Waals surface area contributed by atoms with Gasteiger partial charge >= 0.3 is 0 Å². The van der Waals surface area contributed by atoms with Crippen molar-refractivity contribution < 1.29 is 4.39 Å². The van der Waals surface area contributed by atoms with E-state index in [9.17, 15) is 4.39 Å². The topological polar surface area (TPSA) is 29.0 Å². The number of aromatic nitrogens is 2. The van der Waals surface area contributed by atoms with Crippen LogP contribution in [0.1, 0.15) is 32.1 Å². The average Bonchev–Trinajstić information content (AvgIpc) is 2.67. The Morgan fingerprint density at radius 2 is 1.64 bits per heavy atom. The minimum Gasteiger partial charge on any atom is -0.356 e. The molecule has 4 rings (SSSR count). The SMILES string of the molecule is CN(c1nc(-c2ccccc2F)nc2ccccc12)C1CCCCC1. The smallest absolute Gasteiger partial charge is 0.165 e. The second-order valence-corrected chi connectivity index (χ2v) is 6.77. The minimum atomic E-state index is -0.288. The molecule has 0 N–H and O–H groups in total. The molecule has 0 spiro atoms. The summed E-state index contributed by atoms with van der Waals surface area (Å²) in [5.41, 5.74) is 1.31. The zero-order valence-electron chi connectivity index (χ0n) is 14.5. The molecular weight excluding hydrogens is 313 g/mol. The van der Waals surface area contributed by atoms with E-state index in [1.165, 1.54) is 38.2 Å². The number of hydrogen-bond acceptors (Lipinski definition) is 3. The molecule has 0 saturated heterocycles. The summed E-state index contributed by atoms with van der Waals surface area (Å²) in [6, 6.07) is 15.2. The number of rotatable bonds is 3. The monoisotopic (exact) mass is 335 g/mol. The Morgan fingerprint density at radius 3 is 2.44 bits per heavy atom. The molecule has 1 saturated carbocycles. The van der Waals surface area contributed by atoms with Crippen molar-refractivity contribution in [3.05, 3.63) is 54.3 Å². The van der Waals surface area contributed by atoms with Crippen molar-refractivity contribution in [1.29, 1.82) is 0 Å². The molecule has 0 bridgehead atoms. The maximum atomic E-state index is 14.3. The molecule has 1 heterocycles. The number of hydrogen-bond donors (Lipinski definition) is 0. The standard InChI is InChI=1S/C21H22FN3/c1-25(15-9-3-2-4-10-15)21-17-12-6-8-14-19(17)23-20(24-21)16-11-5-7-13-18(16)22/h5-8,11-15H,2-4,9-10H2,1H3. The Labute approximate surface area is 147 Å². The summed E-state index contributed by atoms with van der Waals surface area (Å²) in [5.74, 6) is 1.06. The van der Waals surface area contributed by atoms with Crippen LogP contribution in [0.25, 0.3) is 22.3 Å². The first-order valence-corrected chi connectivity index (χ1v) is 8.98. The van der Waals surface area contributed by atoms with Crippen LogP contribution in [0, 0.1) is 5.82 Å². The van der Waals surface area contributed by atoms with Crippen LogP contribution in [0.2, 0.25) is 0 Å². The minimum absolute atomic E-state index is 0.288. The van der Waals surface area contributed by atoms with Crippen molar-refractivity contribution in [3.8, 4) is 11.4 Å². The van der Waals surface area contributed by atoms with Gasteiger partial charge in [-0.1, -0.05) is 43.5 Å². The Hall–Kier alpha value is -2.49. The Kier molecular flexibility index (Phi) is 4.35. The van der Waals surface area contributed by atoms with Gasteiger partial charge in [0.15, 0.2) is 5.82 Å². The highest BCUT2D eigenvalue weighted by molar-refractivity contribution is 5.91. The summed E-state index contributed by atoms with van der Waals surface area (Å²) in [6.45, 7) is 0. The van der Waals surface area contributed by atoms with Crippen molar-refractivity contribution >= 4 is 16.7 Å². The van der Waals surface area contributed by atoms with Crippen LogP contribution in [0.3, 0.4) is 0 Å². The van der Waals surface area contributed by atoms with Crippen molar-refractivity contribution in [2.45, 2.75) is 38.1 Å². The molecule has 1 aliphatic carbocycles. The van der Waals surface area contributed by atoms with E-state index < -0.39 is 0 Å². The summed E-state index contributed by atoms with van der Waals surface area (Å²) < 4.78 is 14.3. The van der Waals surface area contributed by atoms with Crippen LogP contribution in [0.5, 0.6) is 0 Å². The highest BCUT2D eigenvalue weighted by Crippen LogP contribution is 2.32. The van der Waals surface area contributed by atoms with E-state index in [4.69, 9.17) is 4.98 Å². The molecule has 1 aromatic heterocycles. The molecule has 0 atom stereocenters. The fraction of sp³-hybridized carbons (Fsp3) is 0.333. The number of anilines is 1. The van der Waals surface area contributed by atoms with Crippen molar-refractivity contribution in [3.63, 3.8) is 0 Å². The lowest BCUT2D eigenvalue weighted by molar-refractivity contribution is 0.426. The lowest BCUT2D eigenvalue weighted by Gasteiger charge is -2.32. The second kappa shape index (κ2) is 6.79. The van der Waals surface area contributed by atoms with E-state index in [0.717, 1.165) is 16.7 Å². The van der Waals surface area contributed by atoms with Crippen LogP contribution >= 0.6 is 0 Å². The Morgan fingerprint density at radius 1 is 0.920 bits per heavy atom. The number of fused-ring (bicyclic) bond motifs is 1. The summed E-state index contributed by atoms with van der Waals surface area (Å²) in [7, 11) is 2.11. The molecule has 3 aromatic rings. The first kappa shape index (κ1) is 16.0. The third-order valence-corrected chi connectivity index (χ3v) is 5.15. The van der Waals surface area contributed by atoms with Crippen LogP contribution in [0.4, 0.5) is 10.2 Å². The molecule has 128 valence electrons. The molecule has 25 heavy (non-hydrogen) atoms. The van der Waals surface area contributed by atoms with Gasteiger partial charge < -0.3 is 4.90 Å². The van der Waals surface area contributed by atoms with Crippen LogP contribution < -0.4 is 4.90 Å². The largest absolute Gasteiger partial charge is 0.356 e. The molecule has 4 heteroatoms. The predicted molar refractivity (Wildman–Crippen MR) is 100 cm³/mol. The van der Waals surface area contributed by atoms with Gasteiger partial charge in [0.25, 0.3) is 0 Å². The summed E-state index contributed by atoms with van der Waals surface area (Å²) in [4.78, 5) is 11.7. The van der Waals surface area contributed by atoms with Crippen LogP contribution in [0.15, 0.2) is 48.5 Å². The molecule has 0 amide bonds. The lowest BCUT2D eigenvalue weighted by atomic mass is 9.94.